The third kappa shape index (κ3) is 3.18. The number of hydrogen-bond acceptors (Lipinski definition) is 6. The molecule has 130 valence electrons. The van der Waals surface area contributed by atoms with Gasteiger partial charge in [-0.3, -0.25) is 4.79 Å². The van der Waals surface area contributed by atoms with E-state index < -0.39 is 11.9 Å². The third-order valence-electron chi connectivity index (χ3n) is 3.68. The van der Waals surface area contributed by atoms with E-state index in [9.17, 15) is 14.9 Å². The lowest BCUT2D eigenvalue weighted by Gasteiger charge is -2.03. The first-order chi connectivity index (χ1) is 12.5. The standard InChI is InChI=1S/C18H14N4O4/c1-10-6-15(22-26-10)21-17(23)11(8-19)7-12-9-20-14-5-3-4-13(16(12)14)18(24)25-2/h3-7,9,20H,1-2H3,(H,21,22,23). The van der Waals surface area contributed by atoms with E-state index in [-0.39, 0.29) is 11.4 Å². The number of fused-ring (bicyclic) bond motifs is 1. The topological polar surface area (TPSA) is 121 Å². The fourth-order valence-electron chi connectivity index (χ4n) is 2.52. The van der Waals surface area contributed by atoms with Crippen LogP contribution in [-0.4, -0.2) is 29.1 Å². The number of ether oxygens (including phenoxy) is 1. The van der Waals surface area contributed by atoms with Crippen molar-refractivity contribution in [3.05, 3.63) is 52.9 Å². The maximum Gasteiger partial charge on any atom is 0.338 e. The van der Waals surface area contributed by atoms with Crippen molar-refractivity contribution < 1.29 is 18.8 Å². The van der Waals surface area contributed by atoms with E-state index in [2.05, 4.69) is 15.5 Å². The predicted molar refractivity (Wildman–Crippen MR) is 93.1 cm³/mol. The lowest BCUT2D eigenvalue weighted by Crippen LogP contribution is -2.13. The maximum absolute atomic E-state index is 12.3. The Bertz CT molecular complexity index is 1070. The summed E-state index contributed by atoms with van der Waals surface area (Å²) in [6.45, 7) is 1.68. The summed E-state index contributed by atoms with van der Waals surface area (Å²) in [6, 6.07) is 8.50. The van der Waals surface area contributed by atoms with E-state index in [0.717, 1.165) is 0 Å². The second-order valence-corrected chi connectivity index (χ2v) is 5.41. The lowest BCUT2D eigenvalue weighted by atomic mass is 10.0. The molecule has 0 unspecified atom stereocenters. The minimum Gasteiger partial charge on any atom is -0.465 e. The number of aromatic nitrogens is 2. The van der Waals surface area contributed by atoms with Crippen molar-refractivity contribution in [3.8, 4) is 6.07 Å². The number of nitrogens with one attached hydrogen (secondary N) is 2. The summed E-state index contributed by atoms with van der Waals surface area (Å²) < 4.78 is 9.67. The molecule has 0 aliphatic heterocycles. The number of hydrogen-bond donors (Lipinski definition) is 2. The largest absolute Gasteiger partial charge is 0.465 e. The monoisotopic (exact) mass is 350 g/mol. The zero-order valence-electron chi connectivity index (χ0n) is 14.0. The smallest absolute Gasteiger partial charge is 0.338 e. The molecule has 2 heterocycles. The number of rotatable bonds is 4. The average molecular weight is 350 g/mol. The van der Waals surface area contributed by atoms with Crippen molar-refractivity contribution in [1.82, 2.24) is 10.1 Å². The van der Waals surface area contributed by atoms with Crippen LogP contribution in [0.25, 0.3) is 17.0 Å². The Morgan fingerprint density at radius 2 is 2.23 bits per heavy atom. The number of benzene rings is 1. The highest BCUT2D eigenvalue weighted by molar-refractivity contribution is 6.12. The Hall–Kier alpha value is -3.86. The third-order valence-corrected chi connectivity index (χ3v) is 3.68. The van der Waals surface area contributed by atoms with Crippen molar-refractivity contribution in [3.63, 3.8) is 0 Å². The summed E-state index contributed by atoms with van der Waals surface area (Å²) >= 11 is 0. The zero-order valence-corrected chi connectivity index (χ0v) is 14.0. The van der Waals surface area contributed by atoms with Gasteiger partial charge in [-0.15, -0.1) is 0 Å². The van der Waals surface area contributed by atoms with E-state index >= 15 is 0 Å². The zero-order chi connectivity index (χ0) is 18.7. The number of H-pyrrole nitrogens is 1. The van der Waals surface area contributed by atoms with Gasteiger partial charge in [0.1, 0.15) is 17.4 Å². The molecule has 0 aliphatic carbocycles. The van der Waals surface area contributed by atoms with Crippen LogP contribution in [0.4, 0.5) is 5.82 Å². The molecule has 26 heavy (non-hydrogen) atoms. The first-order valence-electron chi connectivity index (χ1n) is 7.58. The van der Waals surface area contributed by atoms with E-state index in [4.69, 9.17) is 9.26 Å². The van der Waals surface area contributed by atoms with Crippen LogP contribution >= 0.6 is 0 Å². The Labute approximate surface area is 148 Å². The molecule has 2 N–H and O–H groups in total. The van der Waals surface area contributed by atoms with Crippen molar-refractivity contribution in [1.29, 1.82) is 5.26 Å². The summed E-state index contributed by atoms with van der Waals surface area (Å²) in [5, 5.41) is 16.1. The van der Waals surface area contributed by atoms with Gasteiger partial charge >= 0.3 is 5.97 Å². The summed E-state index contributed by atoms with van der Waals surface area (Å²) in [7, 11) is 1.29. The molecule has 0 bridgehead atoms. The number of nitrogens with zero attached hydrogens (tertiary/aromatic N) is 2. The van der Waals surface area contributed by atoms with Crippen LogP contribution in [0.3, 0.4) is 0 Å². The van der Waals surface area contributed by atoms with Gasteiger partial charge in [0.05, 0.1) is 12.7 Å². The summed E-state index contributed by atoms with van der Waals surface area (Å²) in [4.78, 5) is 27.3. The van der Waals surface area contributed by atoms with E-state index in [0.29, 0.717) is 27.8 Å². The number of nitriles is 1. The number of anilines is 1. The minimum atomic E-state index is -0.634. The average Bonchev–Trinajstić information content (AvgIpc) is 3.24. The van der Waals surface area contributed by atoms with Crippen LogP contribution in [0, 0.1) is 18.3 Å². The molecule has 0 radical (unpaired) electrons. The molecule has 0 saturated carbocycles. The highest BCUT2D eigenvalue weighted by Gasteiger charge is 2.17. The Morgan fingerprint density at radius 3 is 2.88 bits per heavy atom. The predicted octanol–water partition coefficient (Wildman–Crippen LogP) is 2.80. The van der Waals surface area contributed by atoms with Crippen molar-refractivity contribution in [2.45, 2.75) is 6.92 Å². The molecule has 8 heteroatoms. The number of carbonyl (C=O) groups excluding carboxylic acids is 2. The molecule has 3 aromatic rings. The molecule has 8 nitrogen and oxygen atoms in total. The molecule has 0 saturated heterocycles. The molecule has 0 atom stereocenters. The van der Waals surface area contributed by atoms with Gasteiger partial charge in [0.25, 0.3) is 5.91 Å². The molecular weight excluding hydrogens is 336 g/mol. The van der Waals surface area contributed by atoms with Gasteiger partial charge in [0.15, 0.2) is 5.82 Å². The van der Waals surface area contributed by atoms with Gasteiger partial charge in [-0.25, -0.2) is 4.79 Å². The molecule has 0 spiro atoms. The van der Waals surface area contributed by atoms with Crippen LogP contribution in [0.2, 0.25) is 0 Å². The van der Waals surface area contributed by atoms with Gasteiger partial charge in [-0.2, -0.15) is 5.26 Å². The Morgan fingerprint density at radius 1 is 1.42 bits per heavy atom. The molecular formula is C18H14N4O4. The Kier molecular flexibility index (Phi) is 4.53. The number of methoxy groups -OCH3 is 1. The molecule has 1 aromatic carbocycles. The Balaban J connectivity index is 2.00. The summed E-state index contributed by atoms with van der Waals surface area (Å²) in [6.07, 6.45) is 3.01. The second kappa shape index (κ2) is 6.94. The highest BCUT2D eigenvalue weighted by Crippen LogP contribution is 2.25. The maximum atomic E-state index is 12.3. The van der Waals surface area contributed by atoms with Crippen molar-refractivity contribution >= 4 is 34.7 Å². The quantitative estimate of drug-likeness (QED) is 0.424. The van der Waals surface area contributed by atoms with E-state index in [1.165, 1.54) is 19.3 Å². The first-order valence-corrected chi connectivity index (χ1v) is 7.58. The minimum absolute atomic E-state index is 0.147. The SMILES string of the molecule is COC(=O)c1cccc2[nH]cc(C=C(C#N)C(=O)Nc3cc(C)on3)c12. The normalized spacial score (nSPS) is 11.2. The van der Waals surface area contributed by atoms with Crippen LogP contribution in [0.15, 0.2) is 40.6 Å². The lowest BCUT2D eigenvalue weighted by molar-refractivity contribution is -0.112. The van der Waals surface area contributed by atoms with E-state index in [1.54, 1.807) is 31.3 Å². The number of carbonyl (C=O) groups is 2. The van der Waals surface area contributed by atoms with Gasteiger partial charge in [-0.1, -0.05) is 11.2 Å². The van der Waals surface area contributed by atoms with Crippen molar-refractivity contribution in [2.24, 2.45) is 0 Å². The van der Waals surface area contributed by atoms with Crippen LogP contribution < -0.4 is 5.32 Å². The number of esters is 1. The number of aryl methyl sites for hydroxylation is 1. The van der Waals surface area contributed by atoms with Gasteiger partial charge in [0, 0.05) is 28.7 Å². The fraction of sp³-hybridized carbons (Fsp3) is 0.111. The first kappa shape index (κ1) is 17.0. The summed E-state index contributed by atoms with van der Waals surface area (Å²) in [5.41, 5.74) is 1.39. The van der Waals surface area contributed by atoms with E-state index in [1.807, 2.05) is 6.07 Å². The molecule has 3 rings (SSSR count). The van der Waals surface area contributed by atoms with Crippen LogP contribution in [0.1, 0.15) is 21.7 Å². The summed E-state index contributed by atoms with van der Waals surface area (Å²) in [5.74, 6) is -0.401. The van der Waals surface area contributed by atoms with Crippen LogP contribution in [-0.2, 0) is 9.53 Å². The fourth-order valence-corrected chi connectivity index (χ4v) is 2.52. The molecule has 0 aliphatic rings. The van der Waals surface area contributed by atoms with Gasteiger partial charge in [-0.05, 0) is 25.1 Å². The van der Waals surface area contributed by atoms with Crippen molar-refractivity contribution in [2.75, 3.05) is 12.4 Å². The number of aromatic amines is 1. The molecule has 1 amide bonds. The number of amides is 1. The van der Waals surface area contributed by atoms with Crippen LogP contribution in [0.5, 0.6) is 0 Å². The molecule has 0 fully saturated rings. The second-order valence-electron chi connectivity index (χ2n) is 5.41. The van der Waals surface area contributed by atoms with Gasteiger partial charge < -0.3 is 19.6 Å². The molecule has 2 aromatic heterocycles. The highest BCUT2D eigenvalue weighted by atomic mass is 16.5. The van der Waals surface area contributed by atoms with Gasteiger partial charge in [0.2, 0.25) is 0 Å².